The predicted octanol–water partition coefficient (Wildman–Crippen LogP) is 4.22. The Kier molecular flexibility index (Phi) is 7.75. The van der Waals surface area contributed by atoms with Gasteiger partial charge in [-0.15, -0.1) is 0 Å². The van der Waals surface area contributed by atoms with Crippen molar-refractivity contribution >= 4 is 39.9 Å². The highest BCUT2D eigenvalue weighted by molar-refractivity contribution is 7.10. The van der Waals surface area contributed by atoms with Gasteiger partial charge in [-0.3, -0.25) is 9.59 Å². The maximum Gasteiger partial charge on any atom is 0.309 e. The summed E-state index contributed by atoms with van der Waals surface area (Å²) >= 11 is 1.12. The summed E-state index contributed by atoms with van der Waals surface area (Å²) in [4.78, 5) is 33.0. The molecule has 0 bridgehead atoms. The van der Waals surface area contributed by atoms with Crippen LogP contribution in [0.25, 0.3) is 0 Å². The molecule has 0 saturated carbocycles. The molecule has 0 atom stereocenters. The summed E-state index contributed by atoms with van der Waals surface area (Å²) in [6.07, 6.45) is 3.07. The first-order valence-electron chi connectivity index (χ1n) is 10.4. The summed E-state index contributed by atoms with van der Waals surface area (Å²) in [5, 5.41) is 15.4. The summed E-state index contributed by atoms with van der Waals surface area (Å²) in [5.41, 5.74) is 1.29. The second-order valence-corrected chi connectivity index (χ2v) is 8.94. The van der Waals surface area contributed by atoms with Gasteiger partial charge in [0, 0.05) is 12.3 Å². The van der Waals surface area contributed by atoms with Crippen LogP contribution in [-0.2, 0) is 9.53 Å². The molecule has 0 saturated heterocycles. The van der Waals surface area contributed by atoms with Crippen LogP contribution in [-0.4, -0.2) is 38.4 Å². The molecule has 0 fully saturated rings. The summed E-state index contributed by atoms with van der Waals surface area (Å²) in [7, 11) is 0. The number of aromatic nitrogens is 3. The number of anilines is 3. The van der Waals surface area contributed by atoms with Crippen LogP contribution in [0.15, 0.2) is 36.7 Å². The zero-order valence-electron chi connectivity index (χ0n) is 19.2. The van der Waals surface area contributed by atoms with Crippen LogP contribution >= 0.6 is 11.5 Å². The molecule has 0 aliphatic carbocycles. The standard InChI is InChI=1S/C23H24N6O4S/c1-14-20(22(34-29-14)28-17-11-15(12-24)7-9-25-17)21(31)27-16-5-6-18(26-13-16)32-10-8-19(30)33-23(2,3)4/h5-7,9,11,13H,8,10H2,1-4H3,(H,25,28)(H,27,31). The number of hydrogen-bond acceptors (Lipinski definition) is 10. The number of pyridine rings is 2. The number of ether oxygens (including phenoxy) is 2. The number of nitrogens with one attached hydrogen (secondary N) is 2. The van der Waals surface area contributed by atoms with Crippen LogP contribution in [0.4, 0.5) is 16.5 Å². The highest BCUT2D eigenvalue weighted by Gasteiger charge is 2.20. The zero-order chi connectivity index (χ0) is 24.7. The van der Waals surface area contributed by atoms with E-state index in [4.69, 9.17) is 14.7 Å². The van der Waals surface area contributed by atoms with Gasteiger partial charge < -0.3 is 20.1 Å². The van der Waals surface area contributed by atoms with E-state index in [-0.39, 0.29) is 24.9 Å². The Labute approximate surface area is 201 Å². The van der Waals surface area contributed by atoms with Crippen molar-refractivity contribution in [2.45, 2.75) is 39.7 Å². The molecule has 0 unspecified atom stereocenters. The maximum atomic E-state index is 12.9. The van der Waals surface area contributed by atoms with Crippen molar-refractivity contribution in [2.24, 2.45) is 0 Å². The number of carbonyl (C=O) groups excluding carboxylic acids is 2. The lowest BCUT2D eigenvalue weighted by atomic mass is 10.2. The molecule has 2 N–H and O–H groups in total. The normalized spacial score (nSPS) is 10.8. The van der Waals surface area contributed by atoms with Gasteiger partial charge in [0.1, 0.15) is 23.0 Å². The molecule has 0 aliphatic heterocycles. The summed E-state index contributed by atoms with van der Waals surface area (Å²) in [6.45, 7) is 7.27. The topological polar surface area (TPSA) is 139 Å². The Bertz CT molecular complexity index is 1210. The second-order valence-electron chi connectivity index (χ2n) is 8.16. The number of carbonyl (C=O) groups is 2. The van der Waals surface area contributed by atoms with Gasteiger partial charge in [-0.25, -0.2) is 9.97 Å². The largest absolute Gasteiger partial charge is 0.477 e. The maximum absolute atomic E-state index is 12.9. The lowest BCUT2D eigenvalue weighted by Gasteiger charge is -2.19. The van der Waals surface area contributed by atoms with E-state index in [9.17, 15) is 9.59 Å². The van der Waals surface area contributed by atoms with Crippen molar-refractivity contribution < 1.29 is 19.1 Å². The van der Waals surface area contributed by atoms with Crippen molar-refractivity contribution in [3.8, 4) is 11.9 Å². The van der Waals surface area contributed by atoms with Gasteiger partial charge in [-0.05, 0) is 57.4 Å². The van der Waals surface area contributed by atoms with Crippen molar-refractivity contribution in [1.29, 1.82) is 5.26 Å². The van der Waals surface area contributed by atoms with Gasteiger partial charge >= 0.3 is 5.97 Å². The molecule has 3 heterocycles. The van der Waals surface area contributed by atoms with Crippen LogP contribution in [0.1, 0.15) is 48.8 Å². The molecule has 10 nitrogen and oxygen atoms in total. The first-order chi connectivity index (χ1) is 16.1. The SMILES string of the molecule is Cc1nsc(Nc2cc(C#N)ccn2)c1C(=O)Nc1ccc(OCCC(=O)OC(C)(C)C)nc1. The minimum absolute atomic E-state index is 0.101. The van der Waals surface area contributed by atoms with E-state index in [1.807, 2.05) is 6.07 Å². The van der Waals surface area contributed by atoms with Gasteiger partial charge in [-0.1, -0.05) is 0 Å². The Hall–Kier alpha value is -4.04. The molecule has 176 valence electrons. The van der Waals surface area contributed by atoms with Crippen LogP contribution < -0.4 is 15.4 Å². The fourth-order valence-corrected chi connectivity index (χ4v) is 3.57. The molecule has 1 amide bonds. The van der Waals surface area contributed by atoms with E-state index in [0.29, 0.717) is 39.2 Å². The fourth-order valence-electron chi connectivity index (χ4n) is 2.77. The van der Waals surface area contributed by atoms with Crippen LogP contribution in [0.2, 0.25) is 0 Å². The van der Waals surface area contributed by atoms with Crippen LogP contribution in [0.3, 0.4) is 0 Å². The molecular formula is C23H24N6O4S. The number of esters is 1. The Morgan fingerprint density at radius 2 is 2.00 bits per heavy atom. The Morgan fingerprint density at radius 1 is 1.21 bits per heavy atom. The average Bonchev–Trinajstić information content (AvgIpc) is 3.13. The fraction of sp³-hybridized carbons (Fsp3) is 0.304. The molecule has 0 aliphatic rings. The molecular weight excluding hydrogens is 456 g/mol. The third-order valence-electron chi connectivity index (χ3n) is 4.19. The molecule has 34 heavy (non-hydrogen) atoms. The van der Waals surface area contributed by atoms with E-state index in [2.05, 4.69) is 25.0 Å². The Morgan fingerprint density at radius 3 is 2.68 bits per heavy atom. The number of amides is 1. The summed E-state index contributed by atoms with van der Waals surface area (Å²) < 4.78 is 15.0. The number of hydrogen-bond donors (Lipinski definition) is 2. The highest BCUT2D eigenvalue weighted by Crippen LogP contribution is 2.28. The molecule has 0 spiro atoms. The zero-order valence-corrected chi connectivity index (χ0v) is 20.0. The van der Waals surface area contributed by atoms with E-state index in [0.717, 1.165) is 11.5 Å². The van der Waals surface area contributed by atoms with E-state index >= 15 is 0 Å². The first kappa shape index (κ1) is 24.6. The monoisotopic (exact) mass is 480 g/mol. The molecule has 3 aromatic rings. The van der Waals surface area contributed by atoms with Crippen molar-refractivity contribution in [1.82, 2.24) is 14.3 Å². The molecule has 11 heteroatoms. The van der Waals surface area contributed by atoms with Crippen LogP contribution in [0, 0.1) is 18.3 Å². The van der Waals surface area contributed by atoms with Crippen molar-refractivity contribution in [3.63, 3.8) is 0 Å². The lowest BCUT2D eigenvalue weighted by Crippen LogP contribution is -2.24. The summed E-state index contributed by atoms with van der Waals surface area (Å²) in [6, 6.07) is 8.47. The minimum atomic E-state index is -0.544. The molecule has 3 aromatic heterocycles. The quantitative estimate of drug-likeness (QED) is 0.454. The third kappa shape index (κ3) is 6.98. The van der Waals surface area contributed by atoms with Crippen molar-refractivity contribution in [2.75, 3.05) is 17.2 Å². The van der Waals surface area contributed by atoms with Crippen molar-refractivity contribution in [3.05, 3.63) is 53.5 Å². The Balaban J connectivity index is 1.59. The first-order valence-corrected chi connectivity index (χ1v) is 11.1. The van der Waals surface area contributed by atoms with Gasteiger partial charge in [-0.2, -0.15) is 9.64 Å². The number of rotatable bonds is 8. The highest BCUT2D eigenvalue weighted by atomic mass is 32.1. The number of nitriles is 1. The van der Waals surface area contributed by atoms with Crippen LogP contribution in [0.5, 0.6) is 5.88 Å². The van der Waals surface area contributed by atoms with Gasteiger partial charge in [0.05, 0.1) is 41.2 Å². The lowest BCUT2D eigenvalue weighted by molar-refractivity contribution is -0.155. The number of aryl methyl sites for hydroxylation is 1. The average molecular weight is 481 g/mol. The van der Waals surface area contributed by atoms with Gasteiger partial charge in [0.15, 0.2) is 0 Å². The molecule has 0 radical (unpaired) electrons. The second kappa shape index (κ2) is 10.7. The van der Waals surface area contributed by atoms with Gasteiger partial charge in [0.25, 0.3) is 5.91 Å². The van der Waals surface area contributed by atoms with E-state index < -0.39 is 5.60 Å². The predicted molar refractivity (Wildman–Crippen MR) is 127 cm³/mol. The van der Waals surface area contributed by atoms with Gasteiger partial charge in [0.2, 0.25) is 5.88 Å². The third-order valence-corrected chi connectivity index (χ3v) is 5.04. The minimum Gasteiger partial charge on any atom is -0.477 e. The number of nitrogens with zero attached hydrogens (tertiary/aromatic N) is 4. The summed E-state index contributed by atoms with van der Waals surface area (Å²) in [5.74, 6) is 0.0349. The van der Waals surface area contributed by atoms with E-state index in [1.165, 1.54) is 12.4 Å². The molecule has 0 aromatic carbocycles. The van der Waals surface area contributed by atoms with E-state index in [1.54, 1.807) is 52.0 Å². The smallest absolute Gasteiger partial charge is 0.309 e. The molecule has 3 rings (SSSR count).